The first-order chi connectivity index (χ1) is 15.2. The normalized spacial score (nSPS) is 12.2. The fourth-order valence-corrected chi connectivity index (χ4v) is 4.81. The van der Waals surface area contributed by atoms with Gasteiger partial charge >= 0.3 is 0 Å². The molecular formula is C24H25ClN2O4S. The van der Waals surface area contributed by atoms with E-state index in [2.05, 4.69) is 10.0 Å². The largest absolute Gasteiger partial charge is 0.496 e. The Kier molecular flexibility index (Phi) is 7.56. The van der Waals surface area contributed by atoms with E-state index in [0.717, 1.165) is 11.1 Å². The number of methoxy groups -OCH3 is 1. The van der Waals surface area contributed by atoms with Crippen LogP contribution in [0, 0.1) is 13.8 Å². The third-order valence-electron chi connectivity index (χ3n) is 5.02. The number of benzene rings is 3. The Labute approximate surface area is 193 Å². The van der Waals surface area contributed by atoms with Gasteiger partial charge in [0, 0.05) is 10.7 Å². The van der Waals surface area contributed by atoms with E-state index in [1.54, 1.807) is 31.2 Å². The summed E-state index contributed by atoms with van der Waals surface area (Å²) in [6.07, 6.45) is 0.188. The van der Waals surface area contributed by atoms with Crippen molar-refractivity contribution in [3.8, 4) is 5.75 Å². The molecule has 8 heteroatoms. The Morgan fingerprint density at radius 1 is 1.00 bits per heavy atom. The lowest BCUT2D eigenvalue weighted by atomic mass is 10.1. The summed E-state index contributed by atoms with van der Waals surface area (Å²) in [4.78, 5) is 13.2. The number of sulfonamides is 1. The van der Waals surface area contributed by atoms with Crippen LogP contribution in [0.25, 0.3) is 0 Å². The van der Waals surface area contributed by atoms with E-state index in [1.807, 2.05) is 37.3 Å². The Morgan fingerprint density at radius 3 is 2.34 bits per heavy atom. The van der Waals surface area contributed by atoms with Gasteiger partial charge in [0.15, 0.2) is 0 Å². The molecule has 0 spiro atoms. The summed E-state index contributed by atoms with van der Waals surface area (Å²) in [5, 5.41) is 3.37. The molecule has 3 rings (SSSR count). The van der Waals surface area contributed by atoms with Crippen molar-refractivity contribution in [2.24, 2.45) is 0 Å². The Hall–Kier alpha value is -2.87. The molecule has 2 N–H and O–H groups in total. The molecule has 0 unspecified atom stereocenters. The van der Waals surface area contributed by atoms with Crippen LogP contribution in [-0.2, 0) is 21.2 Å². The SMILES string of the molecule is COc1ccc(S(=O)(=O)N[C@H](Cc2ccccc2)C(=O)Nc2ccc(Cl)cc2C)cc1C. The van der Waals surface area contributed by atoms with Crippen LogP contribution in [0.3, 0.4) is 0 Å². The van der Waals surface area contributed by atoms with Gasteiger partial charge in [0.1, 0.15) is 11.8 Å². The van der Waals surface area contributed by atoms with Crippen LogP contribution < -0.4 is 14.8 Å². The molecule has 1 atom stereocenters. The van der Waals surface area contributed by atoms with Crippen molar-refractivity contribution in [3.05, 3.63) is 88.4 Å². The minimum absolute atomic E-state index is 0.0596. The third-order valence-corrected chi connectivity index (χ3v) is 6.72. The molecule has 3 aromatic rings. The highest BCUT2D eigenvalue weighted by Crippen LogP contribution is 2.23. The van der Waals surface area contributed by atoms with Gasteiger partial charge in [-0.05, 0) is 73.4 Å². The molecule has 3 aromatic carbocycles. The quantitative estimate of drug-likeness (QED) is 0.505. The number of carbonyl (C=O) groups is 1. The standard InChI is InChI=1S/C24H25ClN2O4S/c1-16-13-19(25)9-11-21(16)26-24(28)22(15-18-7-5-4-6-8-18)27-32(29,30)20-10-12-23(31-3)17(2)14-20/h4-14,22,27H,15H2,1-3H3,(H,26,28)/t22-/m1/s1. The van der Waals surface area contributed by atoms with Crippen LogP contribution in [0.2, 0.25) is 5.02 Å². The van der Waals surface area contributed by atoms with Crippen molar-refractivity contribution < 1.29 is 17.9 Å². The van der Waals surface area contributed by atoms with Gasteiger partial charge in [0.25, 0.3) is 0 Å². The molecule has 0 aromatic heterocycles. The molecule has 0 radical (unpaired) electrons. The average Bonchev–Trinajstić information content (AvgIpc) is 2.75. The summed E-state index contributed by atoms with van der Waals surface area (Å²) in [6, 6.07) is 17.9. The third kappa shape index (κ3) is 5.88. The lowest BCUT2D eigenvalue weighted by molar-refractivity contribution is -0.117. The van der Waals surface area contributed by atoms with Crippen molar-refractivity contribution in [1.29, 1.82) is 0 Å². The van der Waals surface area contributed by atoms with E-state index < -0.39 is 22.0 Å². The predicted molar refractivity (Wildman–Crippen MR) is 127 cm³/mol. The molecule has 6 nitrogen and oxygen atoms in total. The lowest BCUT2D eigenvalue weighted by Gasteiger charge is -2.20. The highest BCUT2D eigenvalue weighted by atomic mass is 35.5. The summed E-state index contributed by atoms with van der Waals surface area (Å²) in [7, 11) is -2.45. The van der Waals surface area contributed by atoms with Crippen LogP contribution in [0.5, 0.6) is 5.75 Å². The number of carbonyl (C=O) groups excluding carboxylic acids is 1. The maximum Gasteiger partial charge on any atom is 0.242 e. The molecule has 0 aliphatic heterocycles. The van der Waals surface area contributed by atoms with E-state index in [1.165, 1.54) is 19.2 Å². The molecule has 0 aliphatic rings. The van der Waals surface area contributed by atoms with Crippen molar-refractivity contribution in [2.75, 3.05) is 12.4 Å². The van der Waals surface area contributed by atoms with Crippen molar-refractivity contribution in [3.63, 3.8) is 0 Å². The Morgan fingerprint density at radius 2 is 1.72 bits per heavy atom. The molecule has 32 heavy (non-hydrogen) atoms. The number of aryl methyl sites for hydroxylation is 2. The van der Waals surface area contributed by atoms with Crippen LogP contribution >= 0.6 is 11.6 Å². The smallest absolute Gasteiger partial charge is 0.242 e. The van der Waals surface area contributed by atoms with Gasteiger partial charge in [-0.3, -0.25) is 4.79 Å². The number of rotatable bonds is 8. The van der Waals surface area contributed by atoms with Gasteiger partial charge in [-0.1, -0.05) is 41.9 Å². The van der Waals surface area contributed by atoms with Gasteiger partial charge in [-0.25, -0.2) is 8.42 Å². The summed E-state index contributed by atoms with van der Waals surface area (Å²) in [5.74, 6) is 0.119. The molecule has 0 fully saturated rings. The van der Waals surface area contributed by atoms with Gasteiger partial charge in [0.2, 0.25) is 15.9 Å². The fourth-order valence-electron chi connectivity index (χ4n) is 3.30. The number of anilines is 1. The van der Waals surface area contributed by atoms with Crippen LogP contribution in [0.1, 0.15) is 16.7 Å². The summed E-state index contributed by atoms with van der Waals surface area (Å²) in [6.45, 7) is 3.58. The molecule has 0 saturated carbocycles. The van der Waals surface area contributed by atoms with Crippen LogP contribution in [0.4, 0.5) is 5.69 Å². The maximum absolute atomic E-state index is 13.1. The summed E-state index contributed by atoms with van der Waals surface area (Å²) < 4.78 is 34.0. The van der Waals surface area contributed by atoms with E-state index in [-0.39, 0.29) is 11.3 Å². The number of hydrogen-bond donors (Lipinski definition) is 2. The van der Waals surface area contributed by atoms with Gasteiger partial charge in [-0.2, -0.15) is 4.72 Å². The van der Waals surface area contributed by atoms with Crippen molar-refractivity contribution in [1.82, 2.24) is 4.72 Å². The minimum atomic E-state index is -3.97. The van der Waals surface area contributed by atoms with Crippen LogP contribution in [-0.4, -0.2) is 27.5 Å². The first-order valence-corrected chi connectivity index (χ1v) is 11.8. The predicted octanol–water partition coefficient (Wildman–Crippen LogP) is 4.49. The van der Waals surface area contributed by atoms with Gasteiger partial charge in [-0.15, -0.1) is 0 Å². The second-order valence-electron chi connectivity index (χ2n) is 7.44. The molecular weight excluding hydrogens is 448 g/mol. The molecule has 0 aliphatic carbocycles. The van der Waals surface area contributed by atoms with Crippen LogP contribution in [0.15, 0.2) is 71.6 Å². The highest BCUT2D eigenvalue weighted by molar-refractivity contribution is 7.89. The zero-order valence-corrected chi connectivity index (χ0v) is 19.6. The molecule has 168 valence electrons. The minimum Gasteiger partial charge on any atom is -0.496 e. The molecule has 0 bridgehead atoms. The Bertz CT molecular complexity index is 1210. The first kappa shape index (κ1) is 23.8. The highest BCUT2D eigenvalue weighted by Gasteiger charge is 2.27. The Balaban J connectivity index is 1.89. The first-order valence-electron chi connectivity index (χ1n) is 9.97. The summed E-state index contributed by atoms with van der Waals surface area (Å²) in [5.41, 5.74) is 2.85. The number of halogens is 1. The number of hydrogen-bond acceptors (Lipinski definition) is 4. The van der Waals surface area contributed by atoms with Crippen molar-refractivity contribution >= 4 is 33.2 Å². The van der Waals surface area contributed by atoms with E-state index in [4.69, 9.17) is 16.3 Å². The number of nitrogens with one attached hydrogen (secondary N) is 2. The van der Waals surface area contributed by atoms with Crippen molar-refractivity contribution in [2.45, 2.75) is 31.2 Å². The monoisotopic (exact) mass is 472 g/mol. The summed E-state index contributed by atoms with van der Waals surface area (Å²) >= 11 is 6.00. The topological polar surface area (TPSA) is 84.5 Å². The lowest BCUT2D eigenvalue weighted by Crippen LogP contribution is -2.45. The zero-order valence-electron chi connectivity index (χ0n) is 18.1. The maximum atomic E-state index is 13.1. The number of ether oxygens (including phenoxy) is 1. The van der Waals surface area contributed by atoms with Gasteiger partial charge < -0.3 is 10.1 Å². The molecule has 1 amide bonds. The van der Waals surface area contributed by atoms with E-state index in [9.17, 15) is 13.2 Å². The molecule has 0 heterocycles. The van der Waals surface area contributed by atoms with E-state index in [0.29, 0.717) is 22.0 Å². The second-order valence-corrected chi connectivity index (χ2v) is 9.59. The fraction of sp³-hybridized carbons (Fsp3) is 0.208. The molecule has 0 saturated heterocycles. The van der Waals surface area contributed by atoms with E-state index >= 15 is 0 Å². The zero-order chi connectivity index (χ0) is 23.3. The second kappa shape index (κ2) is 10.2. The number of amides is 1. The van der Waals surface area contributed by atoms with Gasteiger partial charge in [0.05, 0.1) is 12.0 Å². The average molecular weight is 473 g/mol.